The molecule has 24 heavy (non-hydrogen) atoms. The summed E-state index contributed by atoms with van der Waals surface area (Å²) in [5, 5.41) is 5.54. The van der Waals surface area contributed by atoms with E-state index in [0.717, 1.165) is 35.3 Å². The van der Waals surface area contributed by atoms with E-state index in [0.29, 0.717) is 0 Å². The first-order valence-electron chi connectivity index (χ1n) is 8.29. The summed E-state index contributed by atoms with van der Waals surface area (Å²) in [5.74, 6) is 0. The zero-order chi connectivity index (χ0) is 16.6. The van der Waals surface area contributed by atoms with Gasteiger partial charge in [-0.2, -0.15) is 0 Å². The molecule has 0 N–H and O–H groups in total. The van der Waals surface area contributed by atoms with E-state index in [1.807, 2.05) is 24.3 Å². The van der Waals surface area contributed by atoms with Crippen molar-refractivity contribution in [1.29, 1.82) is 0 Å². The number of benzene rings is 2. The van der Waals surface area contributed by atoms with Gasteiger partial charge in [0.15, 0.2) is 0 Å². The van der Waals surface area contributed by atoms with Crippen molar-refractivity contribution >= 4 is 16.6 Å². The van der Waals surface area contributed by atoms with Crippen molar-refractivity contribution in [3.8, 4) is 0 Å². The molecule has 0 fully saturated rings. The van der Waals surface area contributed by atoms with Gasteiger partial charge in [-0.05, 0) is 37.1 Å². The van der Waals surface area contributed by atoms with Crippen LogP contribution < -0.4 is 0 Å². The van der Waals surface area contributed by atoms with Crippen molar-refractivity contribution in [2.24, 2.45) is 5.16 Å². The first-order valence-corrected chi connectivity index (χ1v) is 8.29. The van der Waals surface area contributed by atoms with E-state index in [2.05, 4.69) is 55.4 Å². The number of rotatable bonds is 3. The van der Waals surface area contributed by atoms with Gasteiger partial charge in [-0.3, -0.25) is 4.98 Å². The van der Waals surface area contributed by atoms with Crippen LogP contribution in [0, 0.1) is 6.92 Å². The van der Waals surface area contributed by atoms with Crippen molar-refractivity contribution in [1.82, 2.24) is 4.98 Å². The Kier molecular flexibility index (Phi) is 3.57. The van der Waals surface area contributed by atoms with Gasteiger partial charge in [-0.25, -0.2) is 0 Å². The smallest absolute Gasteiger partial charge is 0.146 e. The summed E-state index contributed by atoms with van der Waals surface area (Å²) < 4.78 is 0. The fourth-order valence-corrected chi connectivity index (χ4v) is 3.36. The second-order valence-electron chi connectivity index (χ2n) is 6.75. The Balaban J connectivity index is 1.58. The molecular weight excluding hydrogens is 296 g/mol. The minimum absolute atomic E-state index is 0.340. The monoisotopic (exact) mass is 316 g/mol. The lowest BCUT2D eigenvalue weighted by Gasteiger charge is -2.21. The molecule has 0 aliphatic carbocycles. The predicted molar refractivity (Wildman–Crippen MR) is 97.3 cm³/mol. The number of oxime groups is 1. The zero-order valence-corrected chi connectivity index (χ0v) is 14.0. The van der Waals surface area contributed by atoms with Gasteiger partial charge in [-0.15, -0.1) is 0 Å². The molecule has 0 bridgehead atoms. The lowest BCUT2D eigenvalue weighted by Crippen LogP contribution is -2.28. The van der Waals surface area contributed by atoms with Crippen LogP contribution in [-0.2, 0) is 11.3 Å². The molecule has 0 radical (unpaired) electrons. The number of fused-ring (bicyclic) bond motifs is 1. The minimum atomic E-state index is -0.340. The number of aryl methyl sites for hydroxylation is 1. The Bertz CT molecular complexity index is 918. The van der Waals surface area contributed by atoms with Crippen molar-refractivity contribution < 1.29 is 4.84 Å². The quantitative estimate of drug-likeness (QED) is 0.704. The average molecular weight is 316 g/mol. The molecule has 3 nitrogen and oxygen atoms in total. The first-order chi connectivity index (χ1) is 11.6. The van der Waals surface area contributed by atoms with Gasteiger partial charge < -0.3 is 4.84 Å². The van der Waals surface area contributed by atoms with E-state index >= 15 is 0 Å². The molecule has 2 aromatic carbocycles. The number of hydrogen-bond acceptors (Lipinski definition) is 3. The van der Waals surface area contributed by atoms with Crippen LogP contribution in [0.25, 0.3) is 10.9 Å². The molecule has 4 rings (SSSR count). The maximum Gasteiger partial charge on any atom is 0.146 e. The molecule has 1 atom stereocenters. The van der Waals surface area contributed by atoms with Crippen molar-refractivity contribution in [2.45, 2.75) is 32.3 Å². The van der Waals surface area contributed by atoms with E-state index in [9.17, 15) is 0 Å². The molecule has 1 aliphatic heterocycles. The van der Waals surface area contributed by atoms with Crippen molar-refractivity contribution in [3.05, 3.63) is 77.5 Å². The molecule has 1 aromatic heterocycles. The summed E-state index contributed by atoms with van der Waals surface area (Å²) in [6.45, 7) is 4.25. The summed E-state index contributed by atoms with van der Waals surface area (Å²) >= 11 is 0. The Hall–Kier alpha value is -2.68. The van der Waals surface area contributed by atoms with E-state index in [1.165, 1.54) is 10.9 Å². The third-order valence-electron chi connectivity index (χ3n) is 4.56. The van der Waals surface area contributed by atoms with Crippen LogP contribution in [0.2, 0.25) is 0 Å². The Morgan fingerprint density at radius 3 is 2.62 bits per heavy atom. The Morgan fingerprint density at radius 2 is 1.79 bits per heavy atom. The molecule has 2 heterocycles. The second-order valence-corrected chi connectivity index (χ2v) is 6.75. The SMILES string of the molecule is Cc1cc(CC2(C)CC(c3ccccc3)=NO2)nc2ccccc12. The Morgan fingerprint density at radius 1 is 1.04 bits per heavy atom. The van der Waals surface area contributed by atoms with E-state index < -0.39 is 0 Å². The summed E-state index contributed by atoms with van der Waals surface area (Å²) in [6, 6.07) is 20.7. The summed E-state index contributed by atoms with van der Waals surface area (Å²) in [5.41, 5.74) is 5.14. The van der Waals surface area contributed by atoms with Gasteiger partial charge in [0.05, 0.1) is 11.2 Å². The van der Waals surface area contributed by atoms with E-state index in [1.54, 1.807) is 0 Å². The maximum absolute atomic E-state index is 5.81. The third-order valence-corrected chi connectivity index (χ3v) is 4.56. The van der Waals surface area contributed by atoms with Gasteiger partial charge in [0.2, 0.25) is 0 Å². The standard InChI is InChI=1S/C21H20N2O/c1-15-12-17(22-19-11-7-6-10-18(15)19)13-21(2)14-20(23-24-21)16-8-4-3-5-9-16/h3-12H,13-14H2,1-2H3. The minimum Gasteiger partial charge on any atom is -0.388 e. The van der Waals surface area contributed by atoms with Crippen LogP contribution in [-0.4, -0.2) is 16.3 Å². The lowest BCUT2D eigenvalue weighted by molar-refractivity contribution is -0.00347. The second kappa shape index (κ2) is 5.75. The van der Waals surface area contributed by atoms with Crippen LogP contribution >= 0.6 is 0 Å². The van der Waals surface area contributed by atoms with Gasteiger partial charge in [-0.1, -0.05) is 53.7 Å². The maximum atomic E-state index is 5.81. The van der Waals surface area contributed by atoms with Crippen LogP contribution in [0.15, 0.2) is 65.8 Å². The highest BCUT2D eigenvalue weighted by atomic mass is 16.7. The first kappa shape index (κ1) is 14.9. The van der Waals surface area contributed by atoms with Crippen LogP contribution in [0.4, 0.5) is 0 Å². The number of pyridine rings is 1. The zero-order valence-electron chi connectivity index (χ0n) is 14.0. The molecule has 1 aliphatic rings. The summed E-state index contributed by atoms with van der Waals surface area (Å²) in [7, 11) is 0. The molecule has 3 heteroatoms. The van der Waals surface area contributed by atoms with Gasteiger partial charge in [0.25, 0.3) is 0 Å². The summed E-state index contributed by atoms with van der Waals surface area (Å²) in [6.07, 6.45) is 1.54. The fraction of sp³-hybridized carbons (Fsp3) is 0.238. The molecule has 120 valence electrons. The number of nitrogens with zero attached hydrogens (tertiary/aromatic N) is 2. The van der Waals surface area contributed by atoms with Crippen LogP contribution in [0.3, 0.4) is 0 Å². The molecule has 1 unspecified atom stereocenters. The number of para-hydroxylation sites is 1. The largest absolute Gasteiger partial charge is 0.388 e. The Labute approximate surface area is 142 Å². The molecule has 0 amide bonds. The molecule has 0 spiro atoms. The van der Waals surface area contributed by atoms with E-state index in [-0.39, 0.29) is 5.60 Å². The highest BCUT2D eigenvalue weighted by molar-refractivity contribution is 6.01. The molecule has 0 saturated carbocycles. The molecule has 3 aromatic rings. The van der Waals surface area contributed by atoms with Crippen LogP contribution in [0.1, 0.15) is 30.2 Å². The topological polar surface area (TPSA) is 34.5 Å². The summed E-state index contributed by atoms with van der Waals surface area (Å²) in [4.78, 5) is 10.6. The highest BCUT2D eigenvalue weighted by Crippen LogP contribution is 2.30. The molecule has 0 saturated heterocycles. The number of aromatic nitrogens is 1. The lowest BCUT2D eigenvalue weighted by atomic mass is 9.91. The number of hydrogen-bond donors (Lipinski definition) is 0. The molecular formula is C21H20N2O. The fourth-order valence-electron chi connectivity index (χ4n) is 3.36. The van der Waals surface area contributed by atoms with Crippen molar-refractivity contribution in [2.75, 3.05) is 0 Å². The average Bonchev–Trinajstić information content (AvgIpc) is 2.98. The van der Waals surface area contributed by atoms with Gasteiger partial charge in [0.1, 0.15) is 5.60 Å². The van der Waals surface area contributed by atoms with Gasteiger partial charge >= 0.3 is 0 Å². The van der Waals surface area contributed by atoms with Crippen LogP contribution in [0.5, 0.6) is 0 Å². The van der Waals surface area contributed by atoms with Gasteiger partial charge in [0, 0.05) is 23.9 Å². The van der Waals surface area contributed by atoms with E-state index in [4.69, 9.17) is 9.82 Å². The normalized spacial score (nSPS) is 20.0. The predicted octanol–water partition coefficient (Wildman–Crippen LogP) is 4.67. The highest BCUT2D eigenvalue weighted by Gasteiger charge is 2.35. The third kappa shape index (κ3) is 2.78. The van der Waals surface area contributed by atoms with Crippen molar-refractivity contribution in [3.63, 3.8) is 0 Å².